The summed E-state index contributed by atoms with van der Waals surface area (Å²) in [6.07, 6.45) is 5.18. The maximum Gasteiger partial charge on any atom is 0.103 e. The molecule has 0 rings (SSSR count). The molecular weight excluding hydrogens is 236 g/mol. The Hall–Kier alpha value is -1.06. The van der Waals surface area contributed by atoms with Gasteiger partial charge in [-0.15, -0.1) is 0 Å². The van der Waals surface area contributed by atoms with Gasteiger partial charge in [-0.1, -0.05) is 43.3 Å². The van der Waals surface area contributed by atoms with Crippen molar-refractivity contribution in [3.63, 3.8) is 0 Å². The van der Waals surface area contributed by atoms with E-state index >= 15 is 0 Å². The van der Waals surface area contributed by atoms with Gasteiger partial charge < -0.3 is 10.8 Å². The second kappa shape index (κ2) is 6.62. The van der Waals surface area contributed by atoms with Gasteiger partial charge in [0.1, 0.15) is 5.60 Å². The summed E-state index contributed by atoms with van der Waals surface area (Å²) in [5.74, 6) is 0.0413. The normalized spacial score (nSPS) is 16.9. The number of rotatable bonds is 5. The fraction of sp³-hybridized carbons (Fsp3) is 0.462. The van der Waals surface area contributed by atoms with E-state index in [1.807, 2.05) is 13.0 Å². The van der Waals surface area contributed by atoms with Gasteiger partial charge in [-0.05, 0) is 19.8 Å². The van der Waals surface area contributed by atoms with Crippen LogP contribution in [-0.4, -0.2) is 23.5 Å². The van der Waals surface area contributed by atoms with E-state index < -0.39 is 5.60 Å². The molecule has 0 saturated heterocycles. The highest BCUT2D eigenvalue weighted by Crippen LogP contribution is 2.14. The van der Waals surface area contributed by atoms with Crippen LogP contribution in [0.1, 0.15) is 20.8 Å². The molecule has 0 fully saturated rings. The Morgan fingerprint density at radius 1 is 1.47 bits per heavy atom. The first-order valence-electron chi connectivity index (χ1n) is 5.39. The molecule has 0 aliphatic carbocycles. The number of hydrogen-bond acceptors (Lipinski definition) is 3. The minimum Gasteiger partial charge on any atom is -0.397 e. The average Bonchev–Trinajstić information content (AvgIpc) is 2.15. The number of aliphatic imine (C=N–C) groups is 1. The summed E-state index contributed by atoms with van der Waals surface area (Å²) in [5.41, 5.74) is 5.77. The van der Waals surface area contributed by atoms with E-state index in [9.17, 15) is 5.11 Å². The molecule has 0 aromatic heterocycles. The van der Waals surface area contributed by atoms with E-state index in [4.69, 9.17) is 17.3 Å². The Morgan fingerprint density at radius 3 is 2.35 bits per heavy atom. The third kappa shape index (κ3) is 5.71. The van der Waals surface area contributed by atoms with Gasteiger partial charge in [-0.2, -0.15) is 0 Å². The second-order valence-electron chi connectivity index (χ2n) is 4.37. The fourth-order valence-electron chi connectivity index (χ4n) is 1.49. The molecule has 0 saturated carbocycles. The number of aliphatic hydroxyl groups is 1. The smallest absolute Gasteiger partial charge is 0.103 e. The van der Waals surface area contributed by atoms with Gasteiger partial charge in [0, 0.05) is 12.1 Å². The molecule has 0 aliphatic heterocycles. The minimum atomic E-state index is -1.05. The topological polar surface area (TPSA) is 58.6 Å². The maximum atomic E-state index is 9.88. The number of nitrogens with zero attached hydrogens (tertiary/aromatic N) is 1. The van der Waals surface area contributed by atoms with E-state index in [-0.39, 0.29) is 5.92 Å². The van der Waals surface area contributed by atoms with Gasteiger partial charge in [-0.3, -0.25) is 4.99 Å². The lowest BCUT2D eigenvalue weighted by Gasteiger charge is -2.20. The van der Waals surface area contributed by atoms with Gasteiger partial charge in [0.25, 0.3) is 0 Å². The van der Waals surface area contributed by atoms with Crippen molar-refractivity contribution >= 4 is 17.3 Å². The minimum absolute atomic E-state index is 0.0413. The largest absolute Gasteiger partial charge is 0.397 e. The summed E-state index contributed by atoms with van der Waals surface area (Å²) in [5, 5.41) is 10.4. The van der Waals surface area contributed by atoms with Gasteiger partial charge in [0.05, 0.1) is 11.4 Å². The standard InChI is InChI=1S/C13H21ClN2O/c1-6-10(14)7-9(2)8-11(15)12(16-5)13(3,4)17/h6-9,17H,1,15H2,2-5H3/b10-7-,11-8+,16-12?. The molecule has 0 spiro atoms. The third-order valence-corrected chi connectivity index (χ3v) is 2.42. The van der Waals surface area contributed by atoms with Crippen LogP contribution in [0.2, 0.25) is 0 Å². The van der Waals surface area contributed by atoms with Crippen LogP contribution in [0.25, 0.3) is 0 Å². The Kier molecular flexibility index (Phi) is 6.21. The molecular formula is C13H21ClN2O. The Bertz CT molecular complexity index is 362. The van der Waals surface area contributed by atoms with Crippen molar-refractivity contribution in [2.24, 2.45) is 16.6 Å². The van der Waals surface area contributed by atoms with E-state index in [1.165, 1.54) is 0 Å². The number of hydrogen-bond donors (Lipinski definition) is 2. The van der Waals surface area contributed by atoms with Crippen LogP contribution in [0.15, 0.2) is 40.5 Å². The van der Waals surface area contributed by atoms with Gasteiger partial charge >= 0.3 is 0 Å². The lowest BCUT2D eigenvalue weighted by molar-refractivity contribution is 0.154. The molecule has 0 radical (unpaired) electrons. The van der Waals surface area contributed by atoms with Crippen LogP contribution in [0.4, 0.5) is 0 Å². The lowest BCUT2D eigenvalue weighted by Crippen LogP contribution is -2.35. The van der Waals surface area contributed by atoms with Gasteiger partial charge in [-0.25, -0.2) is 0 Å². The summed E-state index contributed by atoms with van der Waals surface area (Å²) in [7, 11) is 1.60. The zero-order valence-corrected chi connectivity index (χ0v) is 11.6. The maximum absolute atomic E-state index is 9.88. The molecule has 1 unspecified atom stereocenters. The zero-order chi connectivity index (χ0) is 13.6. The monoisotopic (exact) mass is 256 g/mol. The highest BCUT2D eigenvalue weighted by atomic mass is 35.5. The van der Waals surface area contributed by atoms with Gasteiger partial charge in [0.15, 0.2) is 0 Å². The molecule has 3 N–H and O–H groups in total. The molecule has 96 valence electrons. The summed E-state index contributed by atoms with van der Waals surface area (Å²) < 4.78 is 0. The molecule has 0 bridgehead atoms. The van der Waals surface area contributed by atoms with Crippen molar-refractivity contribution < 1.29 is 5.11 Å². The van der Waals surface area contributed by atoms with E-state index in [2.05, 4.69) is 11.6 Å². The summed E-state index contributed by atoms with van der Waals surface area (Å²) in [4.78, 5) is 4.01. The first kappa shape index (κ1) is 15.9. The summed E-state index contributed by atoms with van der Waals surface area (Å²) >= 11 is 5.84. The van der Waals surface area contributed by atoms with Crippen molar-refractivity contribution in [3.8, 4) is 0 Å². The second-order valence-corrected chi connectivity index (χ2v) is 4.80. The van der Waals surface area contributed by atoms with Crippen molar-refractivity contribution in [1.29, 1.82) is 0 Å². The molecule has 4 heteroatoms. The van der Waals surface area contributed by atoms with Crippen molar-refractivity contribution in [1.82, 2.24) is 0 Å². The Morgan fingerprint density at radius 2 is 2.00 bits per heavy atom. The van der Waals surface area contributed by atoms with Gasteiger partial charge in [0.2, 0.25) is 0 Å². The van der Waals surface area contributed by atoms with Crippen molar-refractivity contribution in [2.45, 2.75) is 26.4 Å². The molecule has 0 aromatic rings. The molecule has 3 nitrogen and oxygen atoms in total. The molecule has 0 aromatic carbocycles. The summed E-state index contributed by atoms with van der Waals surface area (Å²) in [6.45, 7) is 8.80. The van der Waals surface area contributed by atoms with Crippen molar-refractivity contribution in [3.05, 3.63) is 35.5 Å². The number of allylic oxidation sites excluding steroid dienone is 4. The Balaban J connectivity index is 5.04. The molecule has 0 amide bonds. The molecule has 17 heavy (non-hydrogen) atoms. The first-order valence-corrected chi connectivity index (χ1v) is 5.77. The molecule has 0 heterocycles. The van der Waals surface area contributed by atoms with E-state index in [0.29, 0.717) is 16.4 Å². The van der Waals surface area contributed by atoms with Crippen LogP contribution in [0.5, 0.6) is 0 Å². The van der Waals surface area contributed by atoms with Crippen LogP contribution >= 0.6 is 11.6 Å². The van der Waals surface area contributed by atoms with E-state index in [1.54, 1.807) is 33.0 Å². The van der Waals surface area contributed by atoms with Crippen LogP contribution in [-0.2, 0) is 0 Å². The first-order chi connectivity index (χ1) is 7.72. The predicted molar refractivity (Wildman–Crippen MR) is 75.2 cm³/mol. The molecule has 1 atom stereocenters. The predicted octanol–water partition coefficient (Wildman–Crippen LogP) is 2.62. The third-order valence-electron chi connectivity index (χ3n) is 2.14. The lowest BCUT2D eigenvalue weighted by atomic mass is 9.97. The molecule has 0 aliphatic rings. The zero-order valence-electron chi connectivity index (χ0n) is 10.9. The SMILES string of the molecule is C=C/C(Cl)=C/C(C)/C=C(/N)C(=NC)C(C)(C)O. The van der Waals surface area contributed by atoms with Crippen LogP contribution in [0.3, 0.4) is 0 Å². The van der Waals surface area contributed by atoms with Crippen molar-refractivity contribution in [2.75, 3.05) is 7.05 Å². The average molecular weight is 257 g/mol. The Labute approximate surface area is 108 Å². The number of nitrogens with two attached hydrogens (primary N) is 1. The van der Waals surface area contributed by atoms with E-state index in [0.717, 1.165) is 0 Å². The number of halogens is 1. The van der Waals surface area contributed by atoms with Crippen LogP contribution < -0.4 is 5.73 Å². The van der Waals surface area contributed by atoms with Crippen LogP contribution in [0, 0.1) is 5.92 Å². The summed E-state index contributed by atoms with van der Waals surface area (Å²) in [6, 6.07) is 0. The highest BCUT2D eigenvalue weighted by Gasteiger charge is 2.22. The fourth-order valence-corrected chi connectivity index (χ4v) is 1.68. The highest BCUT2D eigenvalue weighted by molar-refractivity contribution is 6.31. The quantitative estimate of drug-likeness (QED) is 0.587.